The van der Waals surface area contributed by atoms with E-state index in [1.807, 2.05) is 0 Å². The van der Waals surface area contributed by atoms with Gasteiger partial charge in [-0.25, -0.2) is 9.66 Å². The van der Waals surface area contributed by atoms with E-state index in [1.165, 1.54) is 16.9 Å². The predicted octanol–water partition coefficient (Wildman–Crippen LogP) is 0.474. The second kappa shape index (κ2) is 4.65. The number of hydrogen-bond donors (Lipinski definition) is 1. The number of aromatic nitrogens is 5. The van der Waals surface area contributed by atoms with E-state index in [9.17, 15) is 9.59 Å². The zero-order valence-corrected chi connectivity index (χ0v) is 11.9. The van der Waals surface area contributed by atoms with Gasteiger partial charge in [-0.05, 0) is 13.0 Å². The molecule has 1 amide bonds. The lowest BCUT2D eigenvalue weighted by Gasteiger charge is -2.10. The third-order valence-corrected chi connectivity index (χ3v) is 3.09. The number of aryl methyl sites for hydroxylation is 1. The van der Waals surface area contributed by atoms with Crippen molar-refractivity contribution in [3.8, 4) is 0 Å². The fraction of sp³-hybridized carbons (Fsp3) is 0.308. The summed E-state index contributed by atoms with van der Waals surface area (Å²) in [5, 5.41) is 4.57. The number of rotatable bonds is 2. The number of fused-ring (bicyclic) bond motifs is 3. The van der Waals surface area contributed by atoms with Crippen LogP contribution in [0.5, 0.6) is 0 Å². The average Bonchev–Trinajstić information content (AvgIpc) is 2.82. The SMILES string of the molecule is Cc1nc2ncc3c(=O)n(NC(=O)C(C)C)ccc3n2n1. The van der Waals surface area contributed by atoms with Crippen molar-refractivity contribution in [2.45, 2.75) is 20.8 Å². The van der Waals surface area contributed by atoms with Gasteiger partial charge in [0.1, 0.15) is 5.82 Å². The smallest absolute Gasteiger partial charge is 0.273 e. The Kier molecular flexibility index (Phi) is 2.93. The summed E-state index contributed by atoms with van der Waals surface area (Å²) in [5.74, 6) is 0.559. The van der Waals surface area contributed by atoms with Gasteiger partial charge in [-0.1, -0.05) is 13.8 Å². The van der Waals surface area contributed by atoms with E-state index in [0.29, 0.717) is 22.5 Å². The molecule has 0 saturated heterocycles. The van der Waals surface area contributed by atoms with Crippen molar-refractivity contribution in [1.82, 2.24) is 24.3 Å². The highest BCUT2D eigenvalue weighted by molar-refractivity contribution is 5.86. The molecule has 0 spiro atoms. The van der Waals surface area contributed by atoms with Gasteiger partial charge in [-0.2, -0.15) is 9.50 Å². The minimum atomic E-state index is -0.357. The fourth-order valence-corrected chi connectivity index (χ4v) is 1.96. The number of hydrogen-bond acceptors (Lipinski definition) is 5. The summed E-state index contributed by atoms with van der Waals surface area (Å²) in [7, 11) is 0. The van der Waals surface area contributed by atoms with Crippen molar-refractivity contribution in [2.24, 2.45) is 5.92 Å². The molecule has 0 aliphatic heterocycles. The lowest BCUT2D eigenvalue weighted by molar-refractivity contribution is -0.119. The number of amides is 1. The summed E-state index contributed by atoms with van der Waals surface area (Å²) in [6.45, 7) is 5.26. The maximum atomic E-state index is 12.4. The summed E-state index contributed by atoms with van der Waals surface area (Å²) in [6, 6.07) is 1.69. The van der Waals surface area contributed by atoms with Crippen LogP contribution in [-0.4, -0.2) is 30.2 Å². The lowest BCUT2D eigenvalue weighted by atomic mass is 10.2. The number of nitrogens with one attached hydrogen (secondary N) is 1. The number of carbonyl (C=O) groups excluding carboxylic acids is 1. The van der Waals surface area contributed by atoms with E-state index in [0.717, 1.165) is 4.68 Å². The Morgan fingerprint density at radius 3 is 2.86 bits per heavy atom. The van der Waals surface area contributed by atoms with Gasteiger partial charge >= 0.3 is 0 Å². The summed E-state index contributed by atoms with van der Waals surface area (Å²) in [5.41, 5.74) is 2.79. The molecular weight excluding hydrogens is 272 g/mol. The third-order valence-electron chi connectivity index (χ3n) is 3.09. The molecule has 0 bridgehead atoms. The fourth-order valence-electron chi connectivity index (χ4n) is 1.96. The molecule has 3 rings (SSSR count). The molecule has 3 aromatic rings. The zero-order chi connectivity index (χ0) is 15.1. The normalized spacial score (nSPS) is 11.4. The summed E-state index contributed by atoms with van der Waals surface area (Å²) in [4.78, 5) is 32.3. The Morgan fingerprint density at radius 1 is 1.38 bits per heavy atom. The van der Waals surface area contributed by atoms with Crippen LogP contribution in [0.25, 0.3) is 16.7 Å². The van der Waals surface area contributed by atoms with Gasteiger partial charge in [0, 0.05) is 18.3 Å². The minimum absolute atomic E-state index is 0.217. The Balaban J connectivity index is 2.19. The molecule has 21 heavy (non-hydrogen) atoms. The summed E-state index contributed by atoms with van der Waals surface area (Å²) >= 11 is 0. The topological polar surface area (TPSA) is 94.2 Å². The first-order chi connectivity index (χ1) is 9.97. The number of carbonyl (C=O) groups is 1. The van der Waals surface area contributed by atoms with E-state index in [4.69, 9.17) is 0 Å². The van der Waals surface area contributed by atoms with E-state index in [2.05, 4.69) is 20.5 Å². The molecule has 3 aromatic heterocycles. The van der Waals surface area contributed by atoms with Gasteiger partial charge in [0.05, 0.1) is 10.9 Å². The van der Waals surface area contributed by atoms with Gasteiger partial charge in [0.25, 0.3) is 11.3 Å². The molecule has 8 nitrogen and oxygen atoms in total. The van der Waals surface area contributed by atoms with Gasteiger partial charge in [0.15, 0.2) is 0 Å². The first-order valence-electron chi connectivity index (χ1n) is 6.52. The molecule has 1 N–H and O–H groups in total. The van der Waals surface area contributed by atoms with Crippen LogP contribution in [0.1, 0.15) is 19.7 Å². The van der Waals surface area contributed by atoms with Crippen molar-refractivity contribution >= 4 is 22.6 Å². The lowest BCUT2D eigenvalue weighted by Crippen LogP contribution is -2.35. The second-order valence-corrected chi connectivity index (χ2v) is 5.05. The third kappa shape index (κ3) is 2.14. The highest BCUT2D eigenvalue weighted by atomic mass is 16.2. The van der Waals surface area contributed by atoms with Gasteiger partial charge in [0.2, 0.25) is 5.91 Å². The summed E-state index contributed by atoms with van der Waals surface area (Å²) in [6.07, 6.45) is 2.94. The molecular formula is C13H14N6O2. The first kappa shape index (κ1) is 13.2. The van der Waals surface area contributed by atoms with E-state index >= 15 is 0 Å². The molecule has 0 aliphatic carbocycles. The molecule has 108 valence electrons. The molecule has 0 aliphatic rings. The molecule has 0 aromatic carbocycles. The number of nitrogens with zero attached hydrogens (tertiary/aromatic N) is 5. The monoisotopic (exact) mass is 286 g/mol. The van der Waals surface area contributed by atoms with Crippen molar-refractivity contribution in [3.63, 3.8) is 0 Å². The predicted molar refractivity (Wildman–Crippen MR) is 76.5 cm³/mol. The Bertz CT molecular complexity index is 908. The molecule has 0 unspecified atom stereocenters. The van der Waals surface area contributed by atoms with Gasteiger partial charge in [-0.15, -0.1) is 5.10 Å². The standard InChI is InChI=1S/C13H14N6O2/c1-7(2)11(20)17-18-5-4-10-9(12(18)21)6-14-13-15-8(3)16-19(10)13/h4-7H,1-3H3,(H,17,20). The molecule has 0 saturated carbocycles. The minimum Gasteiger partial charge on any atom is -0.273 e. The van der Waals surface area contributed by atoms with Gasteiger partial charge < -0.3 is 0 Å². The Hall–Kier alpha value is -2.77. The maximum Gasteiger partial charge on any atom is 0.280 e. The van der Waals surface area contributed by atoms with Crippen LogP contribution < -0.4 is 11.0 Å². The Morgan fingerprint density at radius 2 is 2.14 bits per heavy atom. The van der Waals surface area contributed by atoms with Crippen molar-refractivity contribution < 1.29 is 4.79 Å². The maximum absolute atomic E-state index is 12.4. The highest BCUT2D eigenvalue weighted by Gasteiger charge is 2.12. The summed E-state index contributed by atoms with van der Waals surface area (Å²) < 4.78 is 2.67. The van der Waals surface area contributed by atoms with Crippen LogP contribution in [0.3, 0.4) is 0 Å². The first-order valence-corrected chi connectivity index (χ1v) is 6.52. The largest absolute Gasteiger partial charge is 0.280 e. The van der Waals surface area contributed by atoms with Crippen molar-refractivity contribution in [3.05, 3.63) is 34.6 Å². The second-order valence-electron chi connectivity index (χ2n) is 5.05. The van der Waals surface area contributed by atoms with Gasteiger partial charge in [-0.3, -0.25) is 15.0 Å². The Labute approximate surface area is 119 Å². The van der Waals surface area contributed by atoms with E-state index in [1.54, 1.807) is 26.8 Å². The van der Waals surface area contributed by atoms with Crippen LogP contribution >= 0.6 is 0 Å². The molecule has 3 heterocycles. The van der Waals surface area contributed by atoms with E-state index < -0.39 is 0 Å². The number of pyridine rings is 1. The van der Waals surface area contributed by atoms with Crippen LogP contribution in [0, 0.1) is 12.8 Å². The van der Waals surface area contributed by atoms with Crippen LogP contribution in [0.2, 0.25) is 0 Å². The molecule has 0 atom stereocenters. The van der Waals surface area contributed by atoms with Crippen molar-refractivity contribution in [2.75, 3.05) is 5.43 Å². The zero-order valence-electron chi connectivity index (χ0n) is 11.9. The highest BCUT2D eigenvalue weighted by Crippen LogP contribution is 2.09. The van der Waals surface area contributed by atoms with Crippen LogP contribution in [-0.2, 0) is 4.79 Å². The van der Waals surface area contributed by atoms with Crippen LogP contribution in [0.15, 0.2) is 23.3 Å². The molecule has 0 fully saturated rings. The quantitative estimate of drug-likeness (QED) is 0.739. The van der Waals surface area contributed by atoms with Crippen LogP contribution in [0.4, 0.5) is 0 Å². The van der Waals surface area contributed by atoms with Crippen molar-refractivity contribution in [1.29, 1.82) is 0 Å². The average molecular weight is 286 g/mol. The molecule has 8 heteroatoms. The van der Waals surface area contributed by atoms with E-state index in [-0.39, 0.29) is 17.4 Å². The molecule has 0 radical (unpaired) electrons.